The van der Waals surface area contributed by atoms with Crippen LogP contribution in [0.5, 0.6) is 0 Å². The second-order valence-electron chi connectivity index (χ2n) is 6.50. The third-order valence-corrected chi connectivity index (χ3v) is 4.40. The van der Waals surface area contributed by atoms with Crippen LogP contribution in [0.4, 0.5) is 0 Å². The van der Waals surface area contributed by atoms with Gasteiger partial charge in [-0.25, -0.2) is 0 Å². The lowest BCUT2D eigenvalue weighted by Crippen LogP contribution is -2.37. The van der Waals surface area contributed by atoms with E-state index < -0.39 is 17.7 Å². The SMILES string of the molecule is C/C(=C/C(C)CC(C)C(=O)O)[C@@H]1CC[C@@](C)(C(C)O)O1. The van der Waals surface area contributed by atoms with Crippen molar-refractivity contribution in [2.75, 3.05) is 0 Å². The summed E-state index contributed by atoms with van der Waals surface area (Å²) in [5.74, 6) is -0.869. The Morgan fingerprint density at radius 3 is 2.50 bits per heavy atom. The summed E-state index contributed by atoms with van der Waals surface area (Å²) in [7, 11) is 0. The topological polar surface area (TPSA) is 66.8 Å². The summed E-state index contributed by atoms with van der Waals surface area (Å²) in [5, 5.41) is 18.7. The van der Waals surface area contributed by atoms with Crippen molar-refractivity contribution < 1.29 is 19.7 Å². The number of carbonyl (C=O) groups is 1. The first-order valence-electron chi connectivity index (χ1n) is 7.42. The van der Waals surface area contributed by atoms with Crippen molar-refractivity contribution in [3.63, 3.8) is 0 Å². The Balaban J connectivity index is 2.60. The molecule has 1 rings (SSSR count). The van der Waals surface area contributed by atoms with Crippen LogP contribution < -0.4 is 0 Å². The van der Waals surface area contributed by atoms with Gasteiger partial charge in [-0.3, -0.25) is 4.79 Å². The van der Waals surface area contributed by atoms with Crippen molar-refractivity contribution >= 4 is 5.97 Å². The van der Waals surface area contributed by atoms with Crippen LogP contribution in [0, 0.1) is 11.8 Å². The number of aliphatic hydroxyl groups is 1. The molecule has 0 aromatic heterocycles. The van der Waals surface area contributed by atoms with Crippen molar-refractivity contribution in [2.24, 2.45) is 11.8 Å². The number of carboxylic acid groups (broad SMARTS) is 1. The minimum Gasteiger partial charge on any atom is -0.481 e. The van der Waals surface area contributed by atoms with E-state index in [2.05, 4.69) is 6.08 Å². The molecular weight excluding hydrogens is 256 g/mol. The van der Waals surface area contributed by atoms with Gasteiger partial charge in [0, 0.05) is 0 Å². The van der Waals surface area contributed by atoms with Gasteiger partial charge in [-0.15, -0.1) is 0 Å². The van der Waals surface area contributed by atoms with Gasteiger partial charge in [0.15, 0.2) is 0 Å². The smallest absolute Gasteiger partial charge is 0.306 e. The maximum Gasteiger partial charge on any atom is 0.306 e. The van der Waals surface area contributed by atoms with Crippen LogP contribution in [0.15, 0.2) is 11.6 Å². The molecule has 0 saturated carbocycles. The molecule has 0 aromatic rings. The van der Waals surface area contributed by atoms with E-state index in [1.54, 1.807) is 13.8 Å². The monoisotopic (exact) mass is 284 g/mol. The highest BCUT2D eigenvalue weighted by atomic mass is 16.5. The van der Waals surface area contributed by atoms with E-state index in [0.717, 1.165) is 18.4 Å². The molecule has 2 N–H and O–H groups in total. The summed E-state index contributed by atoms with van der Waals surface area (Å²) in [6.07, 6.45) is 4.05. The molecule has 0 radical (unpaired) electrons. The Bertz CT molecular complexity index is 375. The molecular formula is C16H28O4. The number of aliphatic carboxylic acids is 1. The summed E-state index contributed by atoms with van der Waals surface area (Å²) < 4.78 is 5.99. The molecule has 116 valence electrons. The summed E-state index contributed by atoms with van der Waals surface area (Å²) in [6.45, 7) is 9.50. The Labute approximate surface area is 121 Å². The molecule has 4 nitrogen and oxygen atoms in total. The van der Waals surface area contributed by atoms with Crippen LogP contribution >= 0.6 is 0 Å². The van der Waals surface area contributed by atoms with Gasteiger partial charge in [-0.05, 0) is 51.5 Å². The number of rotatable bonds is 6. The molecule has 1 fully saturated rings. The van der Waals surface area contributed by atoms with Crippen molar-refractivity contribution in [1.82, 2.24) is 0 Å². The Morgan fingerprint density at radius 1 is 1.45 bits per heavy atom. The predicted octanol–water partition coefficient (Wildman–Crippen LogP) is 3.00. The first-order chi connectivity index (χ1) is 9.15. The fourth-order valence-electron chi connectivity index (χ4n) is 2.77. The van der Waals surface area contributed by atoms with Crippen LogP contribution in [-0.2, 0) is 9.53 Å². The van der Waals surface area contributed by atoms with E-state index in [-0.39, 0.29) is 17.9 Å². The number of aliphatic hydroxyl groups excluding tert-OH is 1. The van der Waals surface area contributed by atoms with Crippen LogP contribution in [-0.4, -0.2) is 34.0 Å². The van der Waals surface area contributed by atoms with Gasteiger partial charge >= 0.3 is 5.97 Å². The minimum absolute atomic E-state index is 0.0391. The number of ether oxygens (including phenoxy) is 1. The van der Waals surface area contributed by atoms with Crippen LogP contribution in [0.1, 0.15) is 53.9 Å². The van der Waals surface area contributed by atoms with E-state index in [1.165, 1.54) is 0 Å². The van der Waals surface area contributed by atoms with Crippen LogP contribution in [0.25, 0.3) is 0 Å². The van der Waals surface area contributed by atoms with Crippen molar-refractivity contribution in [3.8, 4) is 0 Å². The van der Waals surface area contributed by atoms with E-state index in [4.69, 9.17) is 9.84 Å². The van der Waals surface area contributed by atoms with Crippen LogP contribution in [0.2, 0.25) is 0 Å². The second kappa shape index (κ2) is 6.72. The highest BCUT2D eigenvalue weighted by Crippen LogP contribution is 2.36. The molecule has 20 heavy (non-hydrogen) atoms. The van der Waals surface area contributed by atoms with Crippen molar-refractivity contribution in [1.29, 1.82) is 0 Å². The fraction of sp³-hybridized carbons (Fsp3) is 0.812. The molecule has 1 aliphatic heterocycles. The Hall–Kier alpha value is -0.870. The lowest BCUT2D eigenvalue weighted by Gasteiger charge is -2.28. The van der Waals surface area contributed by atoms with Crippen molar-refractivity contribution in [2.45, 2.75) is 71.7 Å². The normalized spacial score (nSPS) is 31.9. The maximum atomic E-state index is 10.9. The molecule has 0 amide bonds. The molecule has 1 aliphatic rings. The third-order valence-electron chi connectivity index (χ3n) is 4.40. The molecule has 0 bridgehead atoms. The average molecular weight is 284 g/mol. The molecule has 3 unspecified atom stereocenters. The molecule has 0 spiro atoms. The van der Waals surface area contributed by atoms with Crippen molar-refractivity contribution in [3.05, 3.63) is 11.6 Å². The van der Waals surface area contributed by atoms with Gasteiger partial charge in [-0.2, -0.15) is 0 Å². The van der Waals surface area contributed by atoms with E-state index in [0.29, 0.717) is 6.42 Å². The quantitative estimate of drug-likeness (QED) is 0.736. The first-order valence-corrected chi connectivity index (χ1v) is 7.42. The summed E-state index contributed by atoms with van der Waals surface area (Å²) >= 11 is 0. The Kier molecular flexibility index (Phi) is 5.78. The van der Waals surface area contributed by atoms with Crippen LogP contribution in [0.3, 0.4) is 0 Å². The highest BCUT2D eigenvalue weighted by molar-refractivity contribution is 5.69. The van der Waals surface area contributed by atoms with Gasteiger partial charge in [0.05, 0.1) is 23.7 Å². The standard InChI is InChI=1S/C16H28O4/c1-10(9-12(3)15(18)19)8-11(2)14-6-7-16(5,20-14)13(4)17/h8,10,12-14,17H,6-7,9H2,1-5H3,(H,18,19)/b11-8-/t10?,12?,13?,14-,16-/m0/s1. The fourth-order valence-corrected chi connectivity index (χ4v) is 2.77. The summed E-state index contributed by atoms with van der Waals surface area (Å²) in [5.41, 5.74) is 0.677. The zero-order valence-electron chi connectivity index (χ0n) is 13.2. The zero-order valence-corrected chi connectivity index (χ0v) is 13.2. The summed E-state index contributed by atoms with van der Waals surface area (Å²) in [4.78, 5) is 10.9. The lowest BCUT2D eigenvalue weighted by atomic mass is 9.93. The van der Waals surface area contributed by atoms with E-state index >= 15 is 0 Å². The largest absolute Gasteiger partial charge is 0.481 e. The molecule has 1 saturated heterocycles. The molecule has 0 aliphatic carbocycles. The minimum atomic E-state index is -0.748. The zero-order chi connectivity index (χ0) is 15.5. The Morgan fingerprint density at radius 2 is 2.05 bits per heavy atom. The first kappa shape index (κ1) is 17.2. The highest BCUT2D eigenvalue weighted by Gasteiger charge is 2.40. The number of carboxylic acids is 1. The molecule has 0 aromatic carbocycles. The maximum absolute atomic E-state index is 10.9. The number of hydrogen-bond donors (Lipinski definition) is 2. The lowest BCUT2D eigenvalue weighted by molar-refractivity contribution is -0.141. The molecule has 4 heteroatoms. The van der Waals surface area contributed by atoms with Gasteiger partial charge in [-0.1, -0.05) is 19.9 Å². The van der Waals surface area contributed by atoms with E-state index in [9.17, 15) is 9.90 Å². The second-order valence-corrected chi connectivity index (χ2v) is 6.50. The summed E-state index contributed by atoms with van der Waals surface area (Å²) in [6, 6.07) is 0. The average Bonchev–Trinajstić information content (AvgIpc) is 2.73. The molecule has 5 atom stereocenters. The predicted molar refractivity (Wildman–Crippen MR) is 78.5 cm³/mol. The van der Waals surface area contributed by atoms with E-state index in [1.807, 2.05) is 20.8 Å². The number of allylic oxidation sites excluding steroid dienone is 1. The third kappa shape index (κ3) is 4.32. The number of hydrogen-bond acceptors (Lipinski definition) is 3. The van der Waals surface area contributed by atoms with Gasteiger partial charge in [0.1, 0.15) is 0 Å². The molecule has 1 heterocycles. The van der Waals surface area contributed by atoms with Gasteiger partial charge in [0.2, 0.25) is 0 Å². The van der Waals surface area contributed by atoms with Gasteiger partial charge in [0.25, 0.3) is 0 Å². The van der Waals surface area contributed by atoms with Gasteiger partial charge < -0.3 is 14.9 Å².